The van der Waals surface area contributed by atoms with Gasteiger partial charge < -0.3 is 10.6 Å². The lowest BCUT2D eigenvalue weighted by atomic mass is 10.1. The van der Waals surface area contributed by atoms with Crippen LogP contribution in [0.2, 0.25) is 0 Å². The van der Waals surface area contributed by atoms with Gasteiger partial charge in [0.1, 0.15) is 5.69 Å². The van der Waals surface area contributed by atoms with Crippen LogP contribution >= 0.6 is 0 Å². The van der Waals surface area contributed by atoms with Gasteiger partial charge in [0.2, 0.25) is 5.95 Å². The molecule has 2 aromatic carbocycles. The number of aryl methyl sites for hydroxylation is 1. The minimum absolute atomic E-state index is 0.0269. The molecular weight excluding hydrogens is 328 g/mol. The van der Waals surface area contributed by atoms with Gasteiger partial charge in [0.05, 0.1) is 0 Å². The maximum Gasteiger partial charge on any atom is 0.274 e. The molecule has 0 aliphatic rings. The number of nitrogens with one attached hydrogen (secondary N) is 2. The quantitative estimate of drug-likeness (QED) is 0.683. The highest BCUT2D eigenvalue weighted by Crippen LogP contribution is 2.17. The van der Waals surface area contributed by atoms with E-state index in [1.807, 2.05) is 31.2 Å². The predicted molar refractivity (Wildman–Crippen MR) is 101 cm³/mol. The second-order valence-corrected chi connectivity index (χ2v) is 5.80. The molecule has 6 heteroatoms. The molecule has 0 fully saturated rings. The number of ketones is 1. The second-order valence-electron chi connectivity index (χ2n) is 5.80. The molecule has 0 unspecified atom stereocenters. The van der Waals surface area contributed by atoms with Gasteiger partial charge in [0, 0.05) is 23.1 Å². The standard InChI is InChI=1S/C20H18N4O2/c1-13-6-3-4-9-17(13)23-19(26)18-10-11-21-20(24-18)22-16-8-5-7-15(12-16)14(2)25/h3-12H,1-2H3,(H,23,26)(H,21,22,24). The van der Waals surface area contributed by atoms with Gasteiger partial charge >= 0.3 is 0 Å². The number of aromatic nitrogens is 2. The monoisotopic (exact) mass is 346 g/mol. The zero-order chi connectivity index (χ0) is 18.5. The molecule has 1 amide bonds. The van der Waals surface area contributed by atoms with E-state index in [-0.39, 0.29) is 23.3 Å². The van der Waals surface area contributed by atoms with Crippen molar-refractivity contribution in [3.05, 3.63) is 77.6 Å². The summed E-state index contributed by atoms with van der Waals surface area (Å²) in [4.78, 5) is 32.3. The normalized spacial score (nSPS) is 10.2. The van der Waals surface area contributed by atoms with Gasteiger partial charge in [-0.15, -0.1) is 0 Å². The molecule has 1 aromatic heterocycles. The number of Topliss-reactive ketones (excluding diaryl/α,β-unsaturated/α-hetero) is 1. The van der Waals surface area contributed by atoms with Gasteiger partial charge in [-0.05, 0) is 43.7 Å². The lowest BCUT2D eigenvalue weighted by molar-refractivity contribution is 0.101. The number of carbonyl (C=O) groups is 2. The largest absolute Gasteiger partial charge is 0.324 e. The summed E-state index contributed by atoms with van der Waals surface area (Å²) in [6, 6.07) is 16.1. The molecule has 0 spiro atoms. The van der Waals surface area contributed by atoms with E-state index < -0.39 is 0 Å². The number of amides is 1. The van der Waals surface area contributed by atoms with E-state index >= 15 is 0 Å². The number of para-hydroxylation sites is 1. The minimum Gasteiger partial charge on any atom is -0.324 e. The number of carbonyl (C=O) groups excluding carboxylic acids is 2. The van der Waals surface area contributed by atoms with Crippen LogP contribution in [0.4, 0.5) is 17.3 Å². The third-order valence-corrected chi connectivity index (χ3v) is 3.81. The van der Waals surface area contributed by atoms with Gasteiger partial charge in [-0.3, -0.25) is 9.59 Å². The van der Waals surface area contributed by atoms with Crippen LogP contribution < -0.4 is 10.6 Å². The summed E-state index contributed by atoms with van der Waals surface area (Å²) in [5, 5.41) is 5.86. The van der Waals surface area contributed by atoms with Gasteiger partial charge in [-0.1, -0.05) is 30.3 Å². The van der Waals surface area contributed by atoms with E-state index in [4.69, 9.17) is 0 Å². The summed E-state index contributed by atoms with van der Waals surface area (Å²) < 4.78 is 0. The summed E-state index contributed by atoms with van der Waals surface area (Å²) in [5.74, 6) is -0.0636. The Labute approximate surface area is 151 Å². The molecule has 6 nitrogen and oxygen atoms in total. The van der Waals surface area contributed by atoms with Crippen molar-refractivity contribution >= 4 is 29.0 Å². The minimum atomic E-state index is -0.317. The molecule has 0 saturated heterocycles. The van der Waals surface area contributed by atoms with Crippen molar-refractivity contribution in [1.82, 2.24) is 9.97 Å². The molecule has 130 valence electrons. The Bertz CT molecular complexity index is 969. The highest BCUT2D eigenvalue weighted by molar-refractivity contribution is 6.03. The van der Waals surface area contributed by atoms with Crippen LogP contribution in [0.3, 0.4) is 0 Å². The first-order chi connectivity index (χ1) is 12.5. The van der Waals surface area contributed by atoms with Crippen molar-refractivity contribution in [2.45, 2.75) is 13.8 Å². The molecule has 0 aliphatic carbocycles. The van der Waals surface area contributed by atoms with Gasteiger partial charge in [-0.2, -0.15) is 0 Å². The smallest absolute Gasteiger partial charge is 0.274 e. The van der Waals surface area contributed by atoms with E-state index in [1.165, 1.54) is 13.1 Å². The number of benzene rings is 2. The first kappa shape index (κ1) is 17.3. The maximum absolute atomic E-state index is 12.4. The predicted octanol–water partition coefficient (Wildman–Crippen LogP) is 3.98. The van der Waals surface area contributed by atoms with Crippen LogP contribution in [-0.2, 0) is 0 Å². The Morgan fingerprint density at radius 2 is 1.81 bits per heavy atom. The van der Waals surface area contributed by atoms with E-state index in [2.05, 4.69) is 20.6 Å². The lowest BCUT2D eigenvalue weighted by Crippen LogP contribution is -2.15. The van der Waals surface area contributed by atoms with Crippen LogP contribution in [0.25, 0.3) is 0 Å². The van der Waals surface area contributed by atoms with Crippen molar-refractivity contribution in [2.24, 2.45) is 0 Å². The molecule has 2 N–H and O–H groups in total. The van der Waals surface area contributed by atoms with Crippen LogP contribution in [-0.4, -0.2) is 21.7 Å². The van der Waals surface area contributed by atoms with E-state index in [0.717, 1.165) is 11.3 Å². The van der Waals surface area contributed by atoms with Crippen LogP contribution in [0.5, 0.6) is 0 Å². The van der Waals surface area contributed by atoms with Crippen LogP contribution in [0.1, 0.15) is 33.3 Å². The average molecular weight is 346 g/mol. The van der Waals surface area contributed by atoms with Crippen LogP contribution in [0, 0.1) is 6.92 Å². The first-order valence-corrected chi connectivity index (χ1v) is 8.11. The molecule has 26 heavy (non-hydrogen) atoms. The Kier molecular flexibility index (Phi) is 5.03. The van der Waals surface area contributed by atoms with Crippen molar-refractivity contribution in [1.29, 1.82) is 0 Å². The van der Waals surface area contributed by atoms with Gasteiger partial charge in [0.25, 0.3) is 5.91 Å². The third kappa shape index (κ3) is 4.10. The fourth-order valence-corrected chi connectivity index (χ4v) is 2.39. The van der Waals surface area contributed by atoms with Crippen molar-refractivity contribution in [3.8, 4) is 0 Å². The second kappa shape index (κ2) is 7.57. The summed E-state index contributed by atoms with van der Waals surface area (Å²) in [5.41, 5.74) is 3.21. The van der Waals surface area contributed by atoms with E-state index in [0.29, 0.717) is 11.3 Å². The summed E-state index contributed by atoms with van der Waals surface area (Å²) in [7, 11) is 0. The summed E-state index contributed by atoms with van der Waals surface area (Å²) in [6.07, 6.45) is 1.51. The molecule has 3 aromatic rings. The van der Waals surface area contributed by atoms with Crippen molar-refractivity contribution in [2.75, 3.05) is 10.6 Å². The average Bonchev–Trinajstić information content (AvgIpc) is 2.64. The molecule has 3 rings (SSSR count). The molecule has 0 aliphatic heterocycles. The zero-order valence-electron chi connectivity index (χ0n) is 14.5. The third-order valence-electron chi connectivity index (χ3n) is 3.81. The Morgan fingerprint density at radius 3 is 2.58 bits per heavy atom. The number of hydrogen-bond acceptors (Lipinski definition) is 5. The molecule has 1 heterocycles. The molecular formula is C20H18N4O2. The topological polar surface area (TPSA) is 84.0 Å². The number of rotatable bonds is 5. The Hall–Kier alpha value is -3.54. The number of nitrogens with zero attached hydrogens (tertiary/aromatic N) is 2. The molecule has 0 saturated carbocycles. The van der Waals surface area contributed by atoms with E-state index in [1.54, 1.807) is 30.3 Å². The number of anilines is 3. The Morgan fingerprint density at radius 1 is 1.00 bits per heavy atom. The lowest BCUT2D eigenvalue weighted by Gasteiger charge is -2.09. The molecule has 0 atom stereocenters. The SMILES string of the molecule is CC(=O)c1cccc(Nc2nccc(C(=O)Nc3ccccc3C)n2)c1. The van der Waals surface area contributed by atoms with Gasteiger partial charge in [-0.25, -0.2) is 9.97 Å². The van der Waals surface area contributed by atoms with Crippen LogP contribution in [0.15, 0.2) is 60.8 Å². The van der Waals surface area contributed by atoms with Crippen molar-refractivity contribution in [3.63, 3.8) is 0 Å². The van der Waals surface area contributed by atoms with E-state index in [9.17, 15) is 9.59 Å². The van der Waals surface area contributed by atoms with Gasteiger partial charge in [0.15, 0.2) is 5.78 Å². The first-order valence-electron chi connectivity index (χ1n) is 8.11. The van der Waals surface area contributed by atoms with Crippen molar-refractivity contribution < 1.29 is 9.59 Å². The summed E-state index contributed by atoms with van der Waals surface area (Å²) in [6.45, 7) is 3.43. The number of hydrogen-bond donors (Lipinski definition) is 2. The highest BCUT2D eigenvalue weighted by Gasteiger charge is 2.11. The molecule has 0 radical (unpaired) electrons. The fourth-order valence-electron chi connectivity index (χ4n) is 2.39. The highest BCUT2D eigenvalue weighted by atomic mass is 16.2. The molecule has 0 bridgehead atoms. The maximum atomic E-state index is 12.4. The fraction of sp³-hybridized carbons (Fsp3) is 0.100. The Balaban J connectivity index is 1.78. The summed E-state index contributed by atoms with van der Waals surface area (Å²) >= 11 is 0. The zero-order valence-corrected chi connectivity index (χ0v) is 14.5.